The third kappa shape index (κ3) is 44.5. The summed E-state index contributed by atoms with van der Waals surface area (Å²) in [6, 6.07) is -0.989. The number of rotatable bonds is 69. The van der Waals surface area contributed by atoms with Crippen LogP contribution in [0.5, 0.6) is 0 Å². The molecule has 0 aromatic carbocycles. The quantitative estimate of drug-likeness (QED) is 0.0199. The number of ether oxygens (including phenoxy) is 6. The molecule has 3 aliphatic rings. The third-order valence-corrected chi connectivity index (χ3v) is 21.4. The Bertz CT molecular complexity index is 2000. The van der Waals surface area contributed by atoms with Crippen LogP contribution >= 0.6 is 0 Å². The smallest absolute Gasteiger partial charge is 0.220 e. The number of hydrogen-bond acceptors (Lipinski definition) is 18. The molecule has 17 unspecified atom stereocenters. The van der Waals surface area contributed by atoms with Crippen LogP contribution in [0.1, 0.15) is 361 Å². The molecule has 19 heteroatoms. The minimum atomic E-state index is -1.98. The largest absolute Gasteiger partial charge is 0.394 e. The zero-order valence-electron chi connectivity index (χ0n) is 65.1. The highest BCUT2D eigenvalue weighted by atomic mass is 16.8. The molecule has 0 aliphatic carbocycles. The fraction of sp³-hybridized carbons (Fsp3) is 0.917. The van der Waals surface area contributed by atoms with E-state index in [0.29, 0.717) is 12.8 Å². The van der Waals surface area contributed by atoms with Crippen LogP contribution < -0.4 is 5.32 Å². The van der Waals surface area contributed by atoms with E-state index in [1.54, 1.807) is 6.08 Å². The van der Waals surface area contributed by atoms with Gasteiger partial charge in [0.15, 0.2) is 18.9 Å². The second-order valence-corrected chi connectivity index (χ2v) is 30.6. The predicted octanol–water partition coefficient (Wildman–Crippen LogP) is 15.1. The van der Waals surface area contributed by atoms with Crippen molar-refractivity contribution < 1.29 is 89.4 Å². The number of hydrogen-bond donors (Lipinski definition) is 12. The highest BCUT2D eigenvalue weighted by Crippen LogP contribution is 2.33. The molecule has 1 amide bonds. The van der Waals surface area contributed by atoms with Gasteiger partial charge in [0.2, 0.25) is 5.91 Å². The summed E-state index contributed by atoms with van der Waals surface area (Å²) in [6.45, 7) is 1.77. The number of amides is 1. The van der Waals surface area contributed by atoms with E-state index < -0.39 is 124 Å². The predicted molar refractivity (Wildman–Crippen MR) is 411 cm³/mol. The van der Waals surface area contributed by atoms with E-state index in [1.165, 1.54) is 289 Å². The molecular formula is C84H157NO18. The van der Waals surface area contributed by atoms with Crippen LogP contribution in [0.25, 0.3) is 0 Å². The Hall–Kier alpha value is -1.99. The van der Waals surface area contributed by atoms with Gasteiger partial charge in [0.05, 0.1) is 38.6 Å². The van der Waals surface area contributed by atoms with E-state index in [1.807, 2.05) is 6.08 Å². The maximum atomic E-state index is 13.5. The monoisotopic (exact) mass is 1470 g/mol. The maximum Gasteiger partial charge on any atom is 0.220 e. The summed E-state index contributed by atoms with van der Waals surface area (Å²) in [5, 5.41) is 121. The molecule has 19 nitrogen and oxygen atoms in total. The molecule has 0 aromatic rings. The topological polar surface area (TPSA) is 307 Å². The van der Waals surface area contributed by atoms with Gasteiger partial charge in [-0.1, -0.05) is 333 Å². The van der Waals surface area contributed by atoms with Crippen molar-refractivity contribution in [3.63, 3.8) is 0 Å². The number of aliphatic hydroxyl groups excluding tert-OH is 11. The lowest BCUT2D eigenvalue weighted by Gasteiger charge is -2.48. The molecule has 17 atom stereocenters. The fourth-order valence-corrected chi connectivity index (χ4v) is 14.6. The van der Waals surface area contributed by atoms with Crippen molar-refractivity contribution in [2.75, 3.05) is 26.4 Å². The van der Waals surface area contributed by atoms with Gasteiger partial charge in [-0.05, 0) is 57.8 Å². The maximum absolute atomic E-state index is 13.5. The highest BCUT2D eigenvalue weighted by molar-refractivity contribution is 5.76. The van der Waals surface area contributed by atoms with Crippen molar-refractivity contribution in [3.05, 3.63) is 36.5 Å². The lowest BCUT2D eigenvalue weighted by atomic mass is 9.96. The zero-order chi connectivity index (χ0) is 74.6. The van der Waals surface area contributed by atoms with Crippen LogP contribution in [0.2, 0.25) is 0 Å². The molecule has 103 heavy (non-hydrogen) atoms. The van der Waals surface area contributed by atoms with Gasteiger partial charge < -0.3 is 89.9 Å². The molecule has 0 bridgehead atoms. The molecule has 3 aliphatic heterocycles. The van der Waals surface area contributed by atoms with Gasteiger partial charge in [-0.15, -0.1) is 0 Å². The zero-order valence-corrected chi connectivity index (χ0v) is 65.1. The Kier molecular flexibility index (Phi) is 59.9. The molecule has 3 heterocycles. The Morgan fingerprint density at radius 3 is 0.971 bits per heavy atom. The van der Waals surface area contributed by atoms with Gasteiger partial charge in [0.1, 0.15) is 73.2 Å². The molecule has 0 saturated carbocycles. The summed E-state index contributed by atoms with van der Waals surface area (Å²) in [4.78, 5) is 13.5. The first-order valence-electron chi connectivity index (χ1n) is 42.7. The van der Waals surface area contributed by atoms with Crippen LogP contribution in [-0.2, 0) is 33.2 Å². The molecule has 3 fully saturated rings. The van der Waals surface area contributed by atoms with Crippen molar-refractivity contribution in [2.45, 2.75) is 465 Å². The number of nitrogens with one attached hydrogen (secondary N) is 1. The summed E-state index contributed by atoms with van der Waals surface area (Å²) >= 11 is 0. The van der Waals surface area contributed by atoms with Crippen LogP contribution in [0.3, 0.4) is 0 Å². The van der Waals surface area contributed by atoms with E-state index in [2.05, 4.69) is 43.5 Å². The first-order valence-corrected chi connectivity index (χ1v) is 42.7. The molecule has 0 aromatic heterocycles. The normalized spacial score (nSPS) is 26.2. The SMILES string of the molecule is CCCCCCCCCC/C=C\CCCCCCCCCCCCCCCCCCCCCCCCCCCC(=O)NC(COC1OC(CO)C(OC2OC(CO)C(OC3OC(CO)C(O)C(O)C3O)C(O)C2O)C(O)C1O)C(O)/C=C/CC/C=C/CCCCCCCCCCCCCCCCC. The molecule has 0 spiro atoms. The molecule has 12 N–H and O–H groups in total. The Balaban J connectivity index is 1.32. The van der Waals surface area contributed by atoms with E-state index in [-0.39, 0.29) is 18.9 Å². The summed E-state index contributed by atoms with van der Waals surface area (Å²) < 4.78 is 34.5. The number of unbranched alkanes of at least 4 members (excludes halogenated alkanes) is 49. The van der Waals surface area contributed by atoms with Crippen molar-refractivity contribution in [1.29, 1.82) is 0 Å². The summed E-state index contributed by atoms with van der Waals surface area (Å²) in [5.74, 6) is -0.278. The van der Waals surface area contributed by atoms with Crippen molar-refractivity contribution in [2.24, 2.45) is 0 Å². The number of aliphatic hydroxyl groups is 11. The van der Waals surface area contributed by atoms with Gasteiger partial charge in [0, 0.05) is 6.42 Å². The summed E-state index contributed by atoms with van der Waals surface area (Å²) in [6.07, 6.45) is 54.5. The van der Waals surface area contributed by atoms with Gasteiger partial charge in [-0.25, -0.2) is 0 Å². The second-order valence-electron chi connectivity index (χ2n) is 30.6. The van der Waals surface area contributed by atoms with Crippen molar-refractivity contribution in [3.8, 4) is 0 Å². The minimum absolute atomic E-state index is 0.240. The molecule has 0 radical (unpaired) electrons. The van der Waals surface area contributed by atoms with Crippen molar-refractivity contribution >= 4 is 5.91 Å². The van der Waals surface area contributed by atoms with Crippen LogP contribution in [0.15, 0.2) is 36.5 Å². The van der Waals surface area contributed by atoms with Gasteiger partial charge in [-0.2, -0.15) is 0 Å². The molecular weight excluding hydrogens is 1310 g/mol. The van der Waals surface area contributed by atoms with Crippen LogP contribution in [0, 0.1) is 0 Å². The third-order valence-electron chi connectivity index (χ3n) is 21.4. The average molecular weight is 1470 g/mol. The van der Waals surface area contributed by atoms with Crippen molar-refractivity contribution in [1.82, 2.24) is 5.32 Å². The highest BCUT2D eigenvalue weighted by Gasteiger charge is 2.54. The standard InChI is InChI=1S/C84H157NO18/c1-3-5-7-9-11-13-15-17-19-21-23-25-26-27-28-29-30-31-32-33-34-35-36-37-38-39-40-42-44-46-48-50-52-54-56-58-60-62-72(90)85-67(68(89)61-59-57-55-53-51-49-47-45-43-41-24-22-20-18-16-14-12-10-8-6-4-2)66-98-82-78(96)75(93)80(70(64-87)100-82)103-84-79(97)76(94)81(71(65-88)101-84)102-83-77(95)74(92)73(91)69(63-86)99-83/h21,23,51,53,59,61,67-71,73-84,86-89,91-97H,3-20,22,24-50,52,54-58,60,62-66H2,1-2H3,(H,85,90)/b23-21-,53-51+,61-59+. The van der Waals surface area contributed by atoms with Crippen LogP contribution in [0.4, 0.5) is 0 Å². The number of allylic oxidation sites excluding steroid dienone is 5. The summed E-state index contributed by atoms with van der Waals surface area (Å²) in [5.41, 5.74) is 0. The van der Waals surface area contributed by atoms with E-state index in [0.717, 1.165) is 38.5 Å². The number of carbonyl (C=O) groups is 1. The minimum Gasteiger partial charge on any atom is -0.394 e. The second kappa shape index (κ2) is 64.8. The Morgan fingerprint density at radius 2 is 0.621 bits per heavy atom. The molecule has 3 saturated heterocycles. The number of carbonyl (C=O) groups excluding carboxylic acids is 1. The average Bonchev–Trinajstić information content (AvgIpc) is 0.781. The molecule has 3 rings (SSSR count). The van der Waals surface area contributed by atoms with Gasteiger partial charge in [0.25, 0.3) is 0 Å². The van der Waals surface area contributed by atoms with E-state index in [9.17, 15) is 61.0 Å². The Morgan fingerprint density at radius 1 is 0.340 bits per heavy atom. The van der Waals surface area contributed by atoms with E-state index in [4.69, 9.17) is 28.4 Å². The summed E-state index contributed by atoms with van der Waals surface area (Å²) in [7, 11) is 0. The van der Waals surface area contributed by atoms with Gasteiger partial charge >= 0.3 is 0 Å². The lowest BCUT2D eigenvalue weighted by Crippen LogP contribution is -2.66. The van der Waals surface area contributed by atoms with E-state index >= 15 is 0 Å². The van der Waals surface area contributed by atoms with Crippen LogP contribution in [-0.4, -0.2) is 193 Å². The van der Waals surface area contributed by atoms with Gasteiger partial charge in [-0.3, -0.25) is 4.79 Å². The fourth-order valence-electron chi connectivity index (χ4n) is 14.6. The first-order chi connectivity index (χ1) is 50.3. The Labute approximate surface area is 625 Å². The lowest BCUT2D eigenvalue weighted by molar-refractivity contribution is -0.379. The molecule has 606 valence electrons. The first kappa shape index (κ1) is 95.2.